The largest absolute Gasteiger partial charge is 0.489 e. The van der Waals surface area contributed by atoms with Gasteiger partial charge in [-0.2, -0.15) is 0 Å². The molecule has 0 aliphatic heterocycles. The van der Waals surface area contributed by atoms with Gasteiger partial charge in [0.05, 0.1) is 5.92 Å². The molecule has 3 nitrogen and oxygen atoms in total. The number of ether oxygens (including phenoxy) is 1. The van der Waals surface area contributed by atoms with E-state index in [0.717, 1.165) is 28.9 Å². The van der Waals surface area contributed by atoms with Crippen molar-refractivity contribution in [2.24, 2.45) is 5.92 Å². The lowest BCUT2D eigenvalue weighted by Gasteiger charge is -2.11. The van der Waals surface area contributed by atoms with Crippen molar-refractivity contribution in [3.05, 3.63) is 108 Å². The number of rotatable bonds is 10. The lowest BCUT2D eigenvalue weighted by atomic mass is 9.96. The molecule has 0 fully saturated rings. The van der Waals surface area contributed by atoms with E-state index in [1.165, 1.54) is 0 Å². The van der Waals surface area contributed by atoms with Crippen LogP contribution in [0.5, 0.6) is 5.75 Å². The average molecular weight is 386 g/mol. The minimum Gasteiger partial charge on any atom is -0.489 e. The number of hydrogen-bond donors (Lipinski definition) is 1. The summed E-state index contributed by atoms with van der Waals surface area (Å²) in [4.78, 5) is 11.6. The standard InChI is InChI=1S/C26H26O3/c27-26(28)24(13-7-12-21-8-3-1-4-9-21)17-14-22-15-18-25(19-16-22)29-20-23-10-5-2-6-11-23/h1-12,15-16,18-19,24H,13-14,17,20H2,(H,27,28)/b12-7+. The first-order valence-corrected chi connectivity index (χ1v) is 9.91. The number of benzene rings is 3. The Morgan fingerprint density at radius 1 is 0.862 bits per heavy atom. The third kappa shape index (κ3) is 6.96. The van der Waals surface area contributed by atoms with E-state index in [-0.39, 0.29) is 5.92 Å². The fourth-order valence-electron chi connectivity index (χ4n) is 3.11. The van der Waals surface area contributed by atoms with Gasteiger partial charge in [0.1, 0.15) is 12.4 Å². The van der Waals surface area contributed by atoms with Crippen LogP contribution in [0.15, 0.2) is 91.0 Å². The second-order valence-electron chi connectivity index (χ2n) is 7.04. The molecule has 0 aliphatic carbocycles. The lowest BCUT2D eigenvalue weighted by molar-refractivity contribution is -0.141. The molecule has 3 aromatic carbocycles. The monoisotopic (exact) mass is 386 g/mol. The molecule has 0 radical (unpaired) electrons. The summed E-state index contributed by atoms with van der Waals surface area (Å²) >= 11 is 0. The van der Waals surface area contributed by atoms with Crippen LogP contribution in [0, 0.1) is 5.92 Å². The molecule has 0 saturated carbocycles. The van der Waals surface area contributed by atoms with Crippen molar-refractivity contribution in [1.82, 2.24) is 0 Å². The van der Waals surface area contributed by atoms with Gasteiger partial charge in [0.2, 0.25) is 0 Å². The third-order valence-electron chi connectivity index (χ3n) is 4.83. The average Bonchev–Trinajstić information content (AvgIpc) is 2.76. The van der Waals surface area contributed by atoms with Gasteiger partial charge in [-0.15, -0.1) is 0 Å². The second-order valence-corrected chi connectivity index (χ2v) is 7.04. The highest BCUT2D eigenvalue weighted by molar-refractivity contribution is 5.70. The minimum atomic E-state index is -0.745. The molecule has 0 heterocycles. The molecule has 0 bridgehead atoms. The third-order valence-corrected chi connectivity index (χ3v) is 4.83. The van der Waals surface area contributed by atoms with Crippen LogP contribution in [0.1, 0.15) is 29.5 Å². The zero-order valence-electron chi connectivity index (χ0n) is 16.4. The van der Waals surface area contributed by atoms with Crippen molar-refractivity contribution in [2.75, 3.05) is 0 Å². The molecule has 3 rings (SSSR count). The van der Waals surface area contributed by atoms with E-state index in [9.17, 15) is 9.90 Å². The van der Waals surface area contributed by atoms with Crippen molar-refractivity contribution in [2.45, 2.75) is 25.9 Å². The van der Waals surface area contributed by atoms with Crippen LogP contribution in [0.2, 0.25) is 0 Å². The molecule has 3 aromatic rings. The van der Waals surface area contributed by atoms with Gasteiger partial charge in [0.25, 0.3) is 0 Å². The molecule has 1 N–H and O–H groups in total. The molecule has 1 atom stereocenters. The maximum Gasteiger partial charge on any atom is 0.306 e. The van der Waals surface area contributed by atoms with Crippen LogP contribution in [-0.2, 0) is 17.8 Å². The first-order chi connectivity index (χ1) is 14.2. The van der Waals surface area contributed by atoms with E-state index >= 15 is 0 Å². The number of carboxylic acids is 1. The molecule has 0 saturated heterocycles. The normalized spacial score (nSPS) is 12.0. The highest BCUT2D eigenvalue weighted by atomic mass is 16.5. The Morgan fingerprint density at radius 3 is 2.17 bits per heavy atom. The summed E-state index contributed by atoms with van der Waals surface area (Å²) in [5, 5.41) is 9.52. The first kappa shape index (κ1) is 20.4. The number of aliphatic carboxylic acids is 1. The van der Waals surface area contributed by atoms with Crippen LogP contribution >= 0.6 is 0 Å². The van der Waals surface area contributed by atoms with Crippen LogP contribution in [-0.4, -0.2) is 11.1 Å². The maximum atomic E-state index is 11.6. The van der Waals surface area contributed by atoms with Gasteiger partial charge in [-0.3, -0.25) is 4.79 Å². The summed E-state index contributed by atoms with van der Waals surface area (Å²) in [6.45, 7) is 0.537. The van der Waals surface area contributed by atoms with Crippen LogP contribution in [0.4, 0.5) is 0 Å². The van der Waals surface area contributed by atoms with Gasteiger partial charge < -0.3 is 9.84 Å². The fraction of sp³-hybridized carbons (Fsp3) is 0.192. The van der Waals surface area contributed by atoms with Crippen LogP contribution in [0.3, 0.4) is 0 Å². The number of hydrogen-bond acceptors (Lipinski definition) is 2. The Kier molecular flexibility index (Phi) is 7.64. The summed E-state index contributed by atoms with van der Waals surface area (Å²) in [5.41, 5.74) is 3.34. The summed E-state index contributed by atoms with van der Waals surface area (Å²) in [5.74, 6) is -0.312. The topological polar surface area (TPSA) is 46.5 Å². The Balaban J connectivity index is 1.48. The Morgan fingerprint density at radius 2 is 1.52 bits per heavy atom. The lowest BCUT2D eigenvalue weighted by Crippen LogP contribution is -2.13. The number of carbonyl (C=O) groups is 1. The second kappa shape index (κ2) is 10.9. The van der Waals surface area contributed by atoms with Crippen molar-refractivity contribution in [1.29, 1.82) is 0 Å². The molecule has 0 aromatic heterocycles. The molecule has 1 unspecified atom stereocenters. The van der Waals surface area contributed by atoms with Gasteiger partial charge in [0.15, 0.2) is 0 Å². The van der Waals surface area contributed by atoms with E-state index in [2.05, 4.69) is 0 Å². The Bertz CT molecular complexity index is 900. The van der Waals surface area contributed by atoms with Gasteiger partial charge in [-0.1, -0.05) is 84.9 Å². The summed E-state index contributed by atoms with van der Waals surface area (Å²) in [6, 6.07) is 27.9. The van der Waals surface area contributed by atoms with E-state index in [4.69, 9.17) is 4.74 Å². The van der Waals surface area contributed by atoms with Gasteiger partial charge in [-0.25, -0.2) is 0 Å². The summed E-state index contributed by atoms with van der Waals surface area (Å²) < 4.78 is 5.80. The van der Waals surface area contributed by atoms with E-state index in [0.29, 0.717) is 19.4 Å². The number of carboxylic acid groups (broad SMARTS) is 1. The SMILES string of the molecule is O=C(O)C(C/C=C/c1ccccc1)CCc1ccc(OCc2ccccc2)cc1. The predicted octanol–water partition coefficient (Wildman–Crippen LogP) is 6.00. The minimum absolute atomic E-state index is 0.385. The quantitative estimate of drug-likeness (QED) is 0.465. The predicted molar refractivity (Wildman–Crippen MR) is 117 cm³/mol. The van der Waals surface area contributed by atoms with Crippen molar-refractivity contribution in [3.8, 4) is 5.75 Å². The molecular formula is C26H26O3. The molecular weight excluding hydrogens is 360 g/mol. The summed E-state index contributed by atoms with van der Waals surface area (Å²) in [7, 11) is 0. The molecule has 0 spiro atoms. The van der Waals surface area contributed by atoms with Crippen molar-refractivity contribution < 1.29 is 14.6 Å². The maximum absolute atomic E-state index is 11.6. The highest BCUT2D eigenvalue weighted by Gasteiger charge is 2.15. The highest BCUT2D eigenvalue weighted by Crippen LogP contribution is 2.19. The zero-order chi connectivity index (χ0) is 20.3. The van der Waals surface area contributed by atoms with Crippen molar-refractivity contribution >= 4 is 12.0 Å². The van der Waals surface area contributed by atoms with E-state index in [1.807, 2.05) is 97.1 Å². The number of allylic oxidation sites excluding steroid dienone is 1. The van der Waals surface area contributed by atoms with Gasteiger partial charge in [-0.05, 0) is 48.1 Å². The smallest absolute Gasteiger partial charge is 0.306 e. The summed E-state index contributed by atoms with van der Waals surface area (Å²) in [6.07, 6.45) is 5.81. The van der Waals surface area contributed by atoms with Gasteiger partial charge >= 0.3 is 5.97 Å². The number of aryl methyl sites for hydroxylation is 1. The van der Waals surface area contributed by atoms with Crippen LogP contribution < -0.4 is 4.74 Å². The van der Waals surface area contributed by atoms with Crippen molar-refractivity contribution in [3.63, 3.8) is 0 Å². The van der Waals surface area contributed by atoms with Gasteiger partial charge in [0, 0.05) is 0 Å². The van der Waals surface area contributed by atoms with E-state index < -0.39 is 5.97 Å². The fourth-order valence-corrected chi connectivity index (χ4v) is 3.11. The molecule has 0 aliphatic rings. The zero-order valence-corrected chi connectivity index (χ0v) is 16.4. The molecule has 148 valence electrons. The van der Waals surface area contributed by atoms with E-state index in [1.54, 1.807) is 0 Å². The Hall–Kier alpha value is -3.33. The first-order valence-electron chi connectivity index (χ1n) is 9.91. The molecule has 29 heavy (non-hydrogen) atoms. The molecule has 3 heteroatoms. The Labute approximate surface area is 172 Å². The molecule has 0 amide bonds. The van der Waals surface area contributed by atoms with Crippen LogP contribution in [0.25, 0.3) is 6.08 Å².